The average Bonchev–Trinajstić information content (AvgIpc) is 2.93. The number of H-pyrrole nitrogens is 1. The van der Waals surface area contributed by atoms with Crippen LogP contribution in [0.2, 0.25) is 0 Å². The first kappa shape index (κ1) is 16.9. The molecule has 6 heteroatoms. The van der Waals surface area contributed by atoms with Gasteiger partial charge >= 0.3 is 0 Å². The van der Waals surface area contributed by atoms with Gasteiger partial charge in [-0.05, 0) is 36.8 Å². The summed E-state index contributed by atoms with van der Waals surface area (Å²) in [5.41, 5.74) is 1.82. The Hall–Kier alpha value is -3.54. The monoisotopic (exact) mass is 361 g/mol. The Kier molecular flexibility index (Phi) is 4.16. The number of hydrogen-bond donors (Lipinski definition) is 1. The van der Waals surface area contributed by atoms with Gasteiger partial charge in [-0.3, -0.25) is 19.4 Å². The third kappa shape index (κ3) is 3.17. The fourth-order valence-corrected chi connectivity index (χ4v) is 3.24. The lowest BCUT2D eigenvalue weighted by atomic mass is 10.2. The van der Waals surface area contributed by atoms with Crippen molar-refractivity contribution in [3.63, 3.8) is 0 Å². The number of fused-ring (bicyclic) bond motifs is 1. The molecule has 0 aliphatic rings. The average molecular weight is 361 g/mol. The van der Waals surface area contributed by atoms with Crippen molar-refractivity contribution in [3.8, 4) is 11.5 Å². The quantitative estimate of drug-likeness (QED) is 0.607. The number of aromatic nitrogens is 3. The Morgan fingerprint density at radius 3 is 2.48 bits per heavy atom. The van der Waals surface area contributed by atoms with Crippen LogP contribution < -0.4 is 15.9 Å². The summed E-state index contributed by atoms with van der Waals surface area (Å²) >= 11 is 0. The zero-order chi connectivity index (χ0) is 19.0. The summed E-state index contributed by atoms with van der Waals surface area (Å²) in [6.07, 6.45) is 0. The van der Waals surface area contributed by atoms with Crippen molar-refractivity contribution >= 4 is 10.9 Å². The van der Waals surface area contributed by atoms with Crippen molar-refractivity contribution < 1.29 is 4.74 Å². The first-order chi connectivity index (χ1) is 13.0. The second kappa shape index (κ2) is 6.64. The van der Waals surface area contributed by atoms with E-state index in [-0.39, 0.29) is 11.1 Å². The minimum Gasteiger partial charge on any atom is -0.457 e. The second-order valence-electron chi connectivity index (χ2n) is 6.48. The number of benzene rings is 2. The van der Waals surface area contributed by atoms with Gasteiger partial charge in [-0.1, -0.05) is 30.3 Å². The zero-order valence-electron chi connectivity index (χ0n) is 15.1. The third-order valence-corrected chi connectivity index (χ3v) is 4.59. The summed E-state index contributed by atoms with van der Waals surface area (Å²) in [6, 6.07) is 18.6. The minimum absolute atomic E-state index is 0.141. The lowest BCUT2D eigenvalue weighted by Gasteiger charge is -2.12. The summed E-state index contributed by atoms with van der Waals surface area (Å²) in [5.74, 6) is 1.45. The number of aryl methyl sites for hydroxylation is 2. The summed E-state index contributed by atoms with van der Waals surface area (Å²) in [7, 11) is 1.64. The molecule has 0 saturated heterocycles. The van der Waals surface area contributed by atoms with Gasteiger partial charge in [0.15, 0.2) is 0 Å². The molecule has 4 aromatic rings. The maximum atomic E-state index is 12.6. The van der Waals surface area contributed by atoms with Crippen LogP contribution in [-0.2, 0) is 13.6 Å². The van der Waals surface area contributed by atoms with Gasteiger partial charge in [0.2, 0.25) is 0 Å². The van der Waals surface area contributed by atoms with E-state index >= 15 is 0 Å². The molecule has 27 heavy (non-hydrogen) atoms. The van der Waals surface area contributed by atoms with Gasteiger partial charge in [0.1, 0.15) is 11.5 Å². The van der Waals surface area contributed by atoms with Crippen LogP contribution in [0.1, 0.15) is 11.3 Å². The predicted molar refractivity (Wildman–Crippen MR) is 105 cm³/mol. The highest BCUT2D eigenvalue weighted by Gasteiger charge is 2.13. The molecule has 0 spiro atoms. The van der Waals surface area contributed by atoms with Crippen molar-refractivity contribution in [2.24, 2.45) is 7.05 Å². The van der Waals surface area contributed by atoms with E-state index in [2.05, 4.69) is 5.10 Å². The number of ether oxygens (including phenoxy) is 1. The van der Waals surface area contributed by atoms with Gasteiger partial charge in [-0.2, -0.15) is 0 Å². The number of nitrogens with one attached hydrogen (secondary N) is 1. The largest absolute Gasteiger partial charge is 0.457 e. The van der Waals surface area contributed by atoms with Crippen LogP contribution in [0.5, 0.6) is 11.5 Å². The molecule has 0 atom stereocenters. The second-order valence-corrected chi connectivity index (χ2v) is 6.48. The van der Waals surface area contributed by atoms with Crippen molar-refractivity contribution in [1.82, 2.24) is 14.3 Å². The van der Waals surface area contributed by atoms with E-state index in [1.165, 1.54) is 10.7 Å². The molecule has 6 nitrogen and oxygen atoms in total. The molecule has 136 valence electrons. The topological polar surface area (TPSA) is 69.0 Å². The standard InChI is InChI=1S/C21H19N3O3/c1-14-20-18(22-23(2)21(20)26)12-19(25)24(14)13-15-7-6-10-17(11-15)27-16-8-4-3-5-9-16/h3-12,22H,13H2,1-2H3. The molecule has 0 radical (unpaired) electrons. The van der Waals surface area contributed by atoms with Crippen molar-refractivity contribution in [2.45, 2.75) is 13.5 Å². The summed E-state index contributed by atoms with van der Waals surface area (Å²) in [4.78, 5) is 24.9. The van der Waals surface area contributed by atoms with Crippen LogP contribution in [0.15, 0.2) is 70.3 Å². The number of rotatable bonds is 4. The summed E-state index contributed by atoms with van der Waals surface area (Å²) < 4.78 is 8.86. The Morgan fingerprint density at radius 1 is 0.963 bits per heavy atom. The number of nitrogens with zero attached hydrogens (tertiary/aromatic N) is 2. The Morgan fingerprint density at radius 2 is 1.70 bits per heavy atom. The molecule has 2 heterocycles. The van der Waals surface area contributed by atoms with Gasteiger partial charge in [0, 0.05) is 18.8 Å². The maximum Gasteiger partial charge on any atom is 0.275 e. The molecule has 2 aromatic heterocycles. The van der Waals surface area contributed by atoms with Gasteiger partial charge in [-0.25, -0.2) is 0 Å². The SMILES string of the molecule is Cc1c2c(=O)n(C)[nH]c2cc(=O)n1Cc1cccc(Oc2ccccc2)c1. The zero-order valence-corrected chi connectivity index (χ0v) is 15.1. The Bertz CT molecular complexity index is 1230. The highest BCUT2D eigenvalue weighted by atomic mass is 16.5. The molecule has 0 amide bonds. The summed E-state index contributed by atoms with van der Waals surface area (Å²) in [6.45, 7) is 2.16. The maximum absolute atomic E-state index is 12.6. The van der Waals surface area contributed by atoms with E-state index in [0.29, 0.717) is 28.9 Å². The van der Waals surface area contributed by atoms with Crippen LogP contribution in [0.3, 0.4) is 0 Å². The van der Waals surface area contributed by atoms with Crippen molar-refractivity contribution in [3.05, 3.63) is 92.6 Å². The summed E-state index contributed by atoms with van der Waals surface area (Å²) in [5, 5.41) is 3.44. The van der Waals surface area contributed by atoms with Gasteiger partial charge in [0.05, 0.1) is 17.4 Å². The molecular weight excluding hydrogens is 342 g/mol. The van der Waals surface area contributed by atoms with Crippen LogP contribution in [0.25, 0.3) is 10.9 Å². The highest BCUT2D eigenvalue weighted by Crippen LogP contribution is 2.22. The van der Waals surface area contributed by atoms with Gasteiger partial charge < -0.3 is 9.30 Å². The molecule has 0 aliphatic heterocycles. The number of hydrogen-bond acceptors (Lipinski definition) is 3. The van der Waals surface area contributed by atoms with Gasteiger partial charge in [0.25, 0.3) is 11.1 Å². The Labute approximate surface area is 155 Å². The molecule has 0 fully saturated rings. The smallest absolute Gasteiger partial charge is 0.275 e. The van der Waals surface area contributed by atoms with E-state index in [4.69, 9.17) is 4.74 Å². The van der Waals surface area contributed by atoms with E-state index in [9.17, 15) is 9.59 Å². The normalized spacial score (nSPS) is 11.0. The highest BCUT2D eigenvalue weighted by molar-refractivity contribution is 5.80. The first-order valence-corrected chi connectivity index (χ1v) is 8.64. The third-order valence-electron chi connectivity index (χ3n) is 4.59. The molecule has 4 rings (SSSR count). The van der Waals surface area contributed by atoms with E-state index < -0.39 is 0 Å². The lowest BCUT2D eigenvalue weighted by molar-refractivity contribution is 0.481. The van der Waals surface area contributed by atoms with Crippen molar-refractivity contribution in [1.29, 1.82) is 0 Å². The first-order valence-electron chi connectivity index (χ1n) is 8.64. The lowest BCUT2D eigenvalue weighted by Crippen LogP contribution is -2.23. The van der Waals surface area contributed by atoms with Crippen molar-refractivity contribution in [2.75, 3.05) is 0 Å². The number of para-hydroxylation sites is 1. The molecule has 0 saturated carbocycles. The van der Waals surface area contributed by atoms with E-state index in [0.717, 1.165) is 11.3 Å². The number of pyridine rings is 1. The number of aromatic amines is 1. The fourth-order valence-electron chi connectivity index (χ4n) is 3.24. The molecule has 0 unspecified atom stereocenters. The fraction of sp³-hybridized carbons (Fsp3) is 0.143. The van der Waals surface area contributed by atoms with E-state index in [1.807, 2.05) is 54.6 Å². The molecule has 0 aliphatic carbocycles. The van der Waals surface area contributed by atoms with Crippen LogP contribution in [0.4, 0.5) is 0 Å². The molecule has 2 aromatic carbocycles. The van der Waals surface area contributed by atoms with Crippen LogP contribution in [-0.4, -0.2) is 14.3 Å². The molecule has 1 N–H and O–H groups in total. The molecular formula is C21H19N3O3. The van der Waals surface area contributed by atoms with Crippen LogP contribution in [0, 0.1) is 6.92 Å². The Balaban J connectivity index is 1.70. The van der Waals surface area contributed by atoms with E-state index in [1.54, 1.807) is 18.5 Å². The minimum atomic E-state index is -0.156. The predicted octanol–water partition coefficient (Wildman–Crippen LogP) is 3.18. The molecule has 0 bridgehead atoms. The van der Waals surface area contributed by atoms with Crippen LogP contribution >= 0.6 is 0 Å². The van der Waals surface area contributed by atoms with Gasteiger partial charge in [-0.15, -0.1) is 0 Å².